The minimum absolute atomic E-state index is 0.220. The van der Waals surface area contributed by atoms with Crippen molar-refractivity contribution in [2.24, 2.45) is 0 Å². The summed E-state index contributed by atoms with van der Waals surface area (Å²) in [6.07, 6.45) is 6.22. The summed E-state index contributed by atoms with van der Waals surface area (Å²) in [7, 11) is -1.32. The van der Waals surface area contributed by atoms with Crippen LogP contribution in [0.2, 0.25) is 24.7 Å². The third-order valence-electron chi connectivity index (χ3n) is 9.90. The number of likely N-dealkylation sites (tertiary alicyclic amines) is 1. The van der Waals surface area contributed by atoms with Gasteiger partial charge in [0.2, 0.25) is 0 Å². The molecule has 2 saturated heterocycles. The standard InChI is InChI=1S/C37H42ClFN6O3Si/c1-37(29-10-9-26(38)19-30(29)39)47-34-7-5-6-28(36(34)48-37)24-12-15-43(16-13-24)22-35-40-31-18-25(32-21-44(42-41-32)23-49(2,3)4)8-11-33(31)45(35)20-27-14-17-46-27/h5-11,18-19,21,24,27H,12-17,20,22-23H2,1-4H3. The molecule has 256 valence electrons. The molecule has 3 aromatic carbocycles. The average molecular weight is 701 g/mol. The number of benzene rings is 3. The summed E-state index contributed by atoms with van der Waals surface area (Å²) in [5.41, 5.74) is 5.43. The van der Waals surface area contributed by atoms with Crippen LogP contribution < -0.4 is 9.47 Å². The number of para-hydroxylation sites is 1. The maximum absolute atomic E-state index is 14.9. The summed E-state index contributed by atoms with van der Waals surface area (Å²) in [6, 6.07) is 17.0. The molecule has 0 radical (unpaired) electrons. The van der Waals surface area contributed by atoms with Crippen LogP contribution in [0.4, 0.5) is 4.39 Å². The Hall–Kier alpha value is -3.77. The van der Waals surface area contributed by atoms with E-state index in [4.69, 9.17) is 30.8 Å². The van der Waals surface area contributed by atoms with Crippen molar-refractivity contribution in [3.63, 3.8) is 0 Å². The lowest BCUT2D eigenvalue weighted by molar-refractivity contribution is -0.0712. The molecular formula is C37H42ClFN6O3Si. The maximum Gasteiger partial charge on any atom is 0.278 e. The molecule has 5 aromatic rings. The van der Waals surface area contributed by atoms with Crippen LogP contribution >= 0.6 is 11.6 Å². The highest BCUT2D eigenvalue weighted by Crippen LogP contribution is 2.50. The first kappa shape index (κ1) is 32.4. The fraction of sp³-hybridized carbons (Fsp3) is 0.432. The zero-order valence-electron chi connectivity index (χ0n) is 28.5. The Morgan fingerprint density at radius 3 is 2.57 bits per heavy atom. The molecule has 5 heterocycles. The van der Waals surface area contributed by atoms with Crippen molar-refractivity contribution in [1.29, 1.82) is 0 Å². The van der Waals surface area contributed by atoms with Gasteiger partial charge >= 0.3 is 0 Å². The summed E-state index contributed by atoms with van der Waals surface area (Å²) in [5.74, 6) is 0.988. The molecule has 3 aliphatic heterocycles. The maximum atomic E-state index is 14.9. The molecule has 0 saturated carbocycles. The van der Waals surface area contributed by atoms with Crippen LogP contribution in [-0.2, 0) is 29.8 Å². The van der Waals surface area contributed by atoms with Crippen LogP contribution in [0.25, 0.3) is 22.3 Å². The van der Waals surface area contributed by atoms with Crippen molar-refractivity contribution >= 4 is 30.7 Å². The average Bonchev–Trinajstić information content (AvgIpc) is 3.73. The molecule has 8 rings (SSSR count). The molecule has 9 nitrogen and oxygen atoms in total. The van der Waals surface area contributed by atoms with Gasteiger partial charge in [-0.05, 0) is 74.7 Å². The van der Waals surface area contributed by atoms with Crippen molar-refractivity contribution in [3.05, 3.63) is 88.6 Å². The van der Waals surface area contributed by atoms with Crippen LogP contribution in [0, 0.1) is 5.82 Å². The Morgan fingerprint density at radius 1 is 1.02 bits per heavy atom. The molecule has 12 heteroatoms. The van der Waals surface area contributed by atoms with Crippen LogP contribution in [0.15, 0.2) is 60.8 Å². The minimum atomic E-state index is -1.32. The second-order valence-corrected chi connectivity index (χ2v) is 20.9. The molecule has 0 aliphatic carbocycles. The highest BCUT2D eigenvalue weighted by atomic mass is 35.5. The number of aromatic nitrogens is 5. The van der Waals surface area contributed by atoms with Crippen molar-refractivity contribution < 1.29 is 18.6 Å². The van der Waals surface area contributed by atoms with E-state index in [0.717, 1.165) is 91.9 Å². The smallest absolute Gasteiger partial charge is 0.278 e. The van der Waals surface area contributed by atoms with Gasteiger partial charge < -0.3 is 18.8 Å². The topological polar surface area (TPSA) is 79.5 Å². The van der Waals surface area contributed by atoms with Gasteiger partial charge in [-0.25, -0.2) is 9.37 Å². The Bertz CT molecular complexity index is 2020. The van der Waals surface area contributed by atoms with E-state index in [1.807, 2.05) is 16.8 Å². The number of hydrogen-bond acceptors (Lipinski definition) is 7. The van der Waals surface area contributed by atoms with Crippen LogP contribution in [0.5, 0.6) is 11.5 Å². The minimum Gasteiger partial charge on any atom is -0.444 e. The molecule has 2 aromatic heterocycles. The largest absolute Gasteiger partial charge is 0.444 e. The number of piperidine rings is 1. The Labute approximate surface area is 291 Å². The lowest BCUT2D eigenvalue weighted by atomic mass is 9.88. The van der Waals surface area contributed by atoms with Gasteiger partial charge in [0.1, 0.15) is 17.3 Å². The van der Waals surface area contributed by atoms with Crippen LogP contribution in [-0.4, -0.2) is 63.3 Å². The number of ether oxygens (including phenoxy) is 3. The zero-order valence-corrected chi connectivity index (χ0v) is 30.2. The molecule has 0 amide bonds. The highest BCUT2D eigenvalue weighted by molar-refractivity contribution is 6.74. The summed E-state index contributed by atoms with van der Waals surface area (Å²) in [4.78, 5) is 7.69. The Kier molecular flexibility index (Phi) is 8.29. The number of halogens is 2. The first-order valence-corrected chi connectivity index (χ1v) is 21.3. The first-order chi connectivity index (χ1) is 23.5. The fourth-order valence-corrected chi connectivity index (χ4v) is 8.61. The first-order valence-electron chi connectivity index (χ1n) is 17.2. The molecular weight excluding hydrogens is 659 g/mol. The third kappa shape index (κ3) is 6.49. The van der Waals surface area contributed by atoms with Crippen molar-refractivity contribution in [3.8, 4) is 22.8 Å². The predicted octanol–water partition coefficient (Wildman–Crippen LogP) is 7.78. The van der Waals surface area contributed by atoms with Gasteiger partial charge in [0, 0.05) is 35.8 Å². The molecule has 0 N–H and O–H groups in total. The fourth-order valence-electron chi connectivity index (χ4n) is 7.33. The summed E-state index contributed by atoms with van der Waals surface area (Å²) in [6.45, 7) is 13.0. The Morgan fingerprint density at radius 2 is 1.84 bits per heavy atom. The molecule has 49 heavy (non-hydrogen) atoms. The second-order valence-electron chi connectivity index (χ2n) is 15.0. The molecule has 0 bridgehead atoms. The lowest BCUT2D eigenvalue weighted by Gasteiger charge is -2.33. The van der Waals surface area contributed by atoms with E-state index in [2.05, 4.69) is 69.9 Å². The second kappa shape index (κ2) is 12.5. The number of hydrogen-bond donors (Lipinski definition) is 0. The SMILES string of the molecule is CC1(c2ccc(Cl)cc2F)Oc2cccc(C3CCN(Cc4nc5cc(-c6cn(C[Si](C)(C)C)nn6)ccc5n4CC4CCO4)CC3)c2O1. The van der Waals surface area contributed by atoms with Crippen LogP contribution in [0.1, 0.15) is 49.1 Å². The summed E-state index contributed by atoms with van der Waals surface area (Å²) >= 11 is 6.01. The van der Waals surface area contributed by atoms with Crippen molar-refractivity contribution in [2.45, 2.75) is 82.9 Å². The van der Waals surface area contributed by atoms with Gasteiger partial charge in [-0.2, -0.15) is 0 Å². The monoisotopic (exact) mass is 700 g/mol. The van der Waals surface area contributed by atoms with E-state index in [1.165, 1.54) is 6.07 Å². The third-order valence-corrected chi connectivity index (χ3v) is 11.4. The van der Waals surface area contributed by atoms with Crippen molar-refractivity contribution in [2.75, 3.05) is 19.7 Å². The van der Waals surface area contributed by atoms with E-state index in [-0.39, 0.29) is 6.10 Å². The zero-order chi connectivity index (χ0) is 33.9. The normalized spacial score (nSPS) is 21.4. The number of nitrogens with zero attached hydrogens (tertiary/aromatic N) is 6. The highest BCUT2D eigenvalue weighted by Gasteiger charge is 2.43. The van der Waals surface area contributed by atoms with Gasteiger partial charge in [0.05, 0.1) is 50.1 Å². The quantitative estimate of drug-likeness (QED) is 0.145. The van der Waals surface area contributed by atoms with Gasteiger partial charge in [0.15, 0.2) is 11.5 Å². The summed E-state index contributed by atoms with van der Waals surface area (Å²) in [5, 5.41) is 9.23. The molecule has 0 spiro atoms. The van der Waals surface area contributed by atoms with E-state index in [9.17, 15) is 4.39 Å². The molecule has 2 atom stereocenters. The number of fused-ring (bicyclic) bond motifs is 2. The summed E-state index contributed by atoms with van der Waals surface area (Å²) < 4.78 is 37.8. The van der Waals surface area contributed by atoms with Crippen LogP contribution in [0.3, 0.4) is 0 Å². The molecule has 2 unspecified atom stereocenters. The van der Waals surface area contributed by atoms with Gasteiger partial charge in [0.25, 0.3) is 5.79 Å². The molecule has 2 fully saturated rings. The molecule has 3 aliphatic rings. The predicted molar refractivity (Wildman–Crippen MR) is 190 cm³/mol. The van der Waals surface area contributed by atoms with Gasteiger partial charge in [-0.3, -0.25) is 9.58 Å². The van der Waals surface area contributed by atoms with E-state index < -0.39 is 19.7 Å². The van der Waals surface area contributed by atoms with Gasteiger partial charge in [-0.15, -0.1) is 5.10 Å². The van der Waals surface area contributed by atoms with E-state index in [0.29, 0.717) is 28.0 Å². The van der Waals surface area contributed by atoms with Crippen molar-refractivity contribution in [1.82, 2.24) is 29.4 Å². The Balaban J connectivity index is 0.989. The lowest BCUT2D eigenvalue weighted by Crippen LogP contribution is -2.35. The van der Waals surface area contributed by atoms with E-state index >= 15 is 0 Å². The number of imidazole rings is 1. The number of rotatable bonds is 9. The van der Waals surface area contributed by atoms with E-state index in [1.54, 1.807) is 19.1 Å². The van der Waals surface area contributed by atoms with Gasteiger partial charge in [-0.1, -0.05) is 54.7 Å².